The first kappa shape index (κ1) is 13.7. The summed E-state index contributed by atoms with van der Waals surface area (Å²) in [5.41, 5.74) is 1.72. The molecule has 3 heterocycles. The molecule has 1 saturated heterocycles. The van der Waals surface area contributed by atoms with Crippen LogP contribution >= 0.6 is 11.6 Å². The number of nitrogens with zero attached hydrogens (tertiary/aromatic N) is 3. The lowest BCUT2D eigenvalue weighted by Crippen LogP contribution is -2.33. The lowest BCUT2D eigenvalue weighted by Gasteiger charge is -2.24. The molecule has 0 amide bonds. The molecule has 5 nitrogen and oxygen atoms in total. The normalized spacial score (nSPS) is 21.4. The zero-order valence-corrected chi connectivity index (χ0v) is 12.7. The number of sulfone groups is 1. The topological polar surface area (TPSA) is 54.7 Å². The van der Waals surface area contributed by atoms with Crippen LogP contribution in [0.1, 0.15) is 12.1 Å². The number of fused-ring (bicyclic) bond motifs is 1. The van der Waals surface area contributed by atoms with Crippen LogP contribution in [0.5, 0.6) is 0 Å². The average Bonchev–Trinajstić information content (AvgIpc) is 2.97. The lowest BCUT2D eigenvalue weighted by atomic mass is 10.2. The Morgan fingerprint density at radius 2 is 2.30 bits per heavy atom. The summed E-state index contributed by atoms with van der Waals surface area (Å²) in [5.74, 6) is 1.56. The molecular formula is C13H16ClN3O2S. The molecule has 0 radical (unpaired) electrons. The second-order valence-electron chi connectivity index (χ2n) is 5.11. The van der Waals surface area contributed by atoms with E-state index < -0.39 is 9.84 Å². The molecular weight excluding hydrogens is 298 g/mol. The van der Waals surface area contributed by atoms with Crippen molar-refractivity contribution in [1.29, 1.82) is 0 Å². The van der Waals surface area contributed by atoms with E-state index in [1.807, 2.05) is 40.7 Å². The first-order chi connectivity index (χ1) is 9.52. The van der Waals surface area contributed by atoms with Gasteiger partial charge in [-0.3, -0.25) is 0 Å². The summed E-state index contributed by atoms with van der Waals surface area (Å²) < 4.78 is 25.2. The van der Waals surface area contributed by atoms with E-state index in [2.05, 4.69) is 4.98 Å². The predicted molar refractivity (Wildman–Crippen MR) is 80.2 cm³/mol. The van der Waals surface area contributed by atoms with Gasteiger partial charge in [0, 0.05) is 19.3 Å². The van der Waals surface area contributed by atoms with Gasteiger partial charge in [0.15, 0.2) is 15.7 Å². The van der Waals surface area contributed by atoms with E-state index in [1.54, 1.807) is 0 Å². The Kier molecular flexibility index (Phi) is 3.38. The van der Waals surface area contributed by atoms with Crippen LogP contribution in [0.25, 0.3) is 5.65 Å². The van der Waals surface area contributed by atoms with Gasteiger partial charge in [0.2, 0.25) is 0 Å². The van der Waals surface area contributed by atoms with Crippen LogP contribution in [-0.4, -0.2) is 42.4 Å². The summed E-state index contributed by atoms with van der Waals surface area (Å²) in [6.07, 6.45) is 2.57. The first-order valence-electron chi connectivity index (χ1n) is 6.47. The third kappa shape index (κ3) is 2.27. The van der Waals surface area contributed by atoms with Crippen LogP contribution in [0.15, 0.2) is 24.4 Å². The number of hydrogen-bond acceptors (Lipinski definition) is 4. The van der Waals surface area contributed by atoms with Crippen molar-refractivity contribution < 1.29 is 8.42 Å². The molecule has 0 aromatic carbocycles. The summed E-state index contributed by atoms with van der Waals surface area (Å²) in [4.78, 5) is 6.54. The molecule has 1 aliphatic heterocycles. The molecule has 0 bridgehead atoms. The Hall–Kier alpha value is -1.27. The molecule has 0 spiro atoms. The van der Waals surface area contributed by atoms with Gasteiger partial charge >= 0.3 is 0 Å². The third-order valence-electron chi connectivity index (χ3n) is 3.82. The number of hydrogen-bond donors (Lipinski definition) is 0. The fraction of sp³-hybridized carbons (Fsp3) is 0.462. The largest absolute Gasteiger partial charge is 0.354 e. The zero-order chi connectivity index (χ0) is 14.3. The minimum absolute atomic E-state index is 0.0214. The molecule has 1 aliphatic rings. The fourth-order valence-electron chi connectivity index (χ4n) is 2.69. The molecule has 1 fully saturated rings. The highest BCUT2D eigenvalue weighted by molar-refractivity contribution is 7.91. The van der Waals surface area contributed by atoms with Crippen LogP contribution in [0, 0.1) is 0 Å². The lowest BCUT2D eigenvalue weighted by molar-refractivity contribution is 0.600. The van der Waals surface area contributed by atoms with E-state index in [4.69, 9.17) is 11.6 Å². The monoisotopic (exact) mass is 313 g/mol. The molecule has 7 heteroatoms. The molecule has 3 rings (SSSR count). The van der Waals surface area contributed by atoms with Gasteiger partial charge in [-0.25, -0.2) is 13.4 Å². The summed E-state index contributed by atoms with van der Waals surface area (Å²) >= 11 is 6.05. The SMILES string of the molecule is CN(c1nc2ccccn2c1CCl)C1CCS(=O)(=O)C1. The third-order valence-corrected chi connectivity index (χ3v) is 5.83. The van der Waals surface area contributed by atoms with Crippen molar-refractivity contribution in [2.75, 3.05) is 23.5 Å². The van der Waals surface area contributed by atoms with Gasteiger partial charge in [-0.2, -0.15) is 0 Å². The van der Waals surface area contributed by atoms with Crippen molar-refractivity contribution in [3.05, 3.63) is 30.1 Å². The Morgan fingerprint density at radius 1 is 1.50 bits per heavy atom. The van der Waals surface area contributed by atoms with E-state index in [1.165, 1.54) is 0 Å². The summed E-state index contributed by atoms with van der Waals surface area (Å²) in [6, 6.07) is 5.74. The van der Waals surface area contributed by atoms with Gasteiger partial charge in [-0.1, -0.05) is 6.07 Å². The number of imidazole rings is 1. The number of aromatic nitrogens is 2. The highest BCUT2D eigenvalue weighted by Crippen LogP contribution is 2.27. The minimum Gasteiger partial charge on any atom is -0.354 e. The first-order valence-corrected chi connectivity index (χ1v) is 8.82. The van der Waals surface area contributed by atoms with Crippen LogP contribution in [0.3, 0.4) is 0 Å². The molecule has 20 heavy (non-hydrogen) atoms. The van der Waals surface area contributed by atoms with E-state index >= 15 is 0 Å². The van der Waals surface area contributed by atoms with Crippen molar-refractivity contribution in [3.63, 3.8) is 0 Å². The minimum atomic E-state index is -2.91. The smallest absolute Gasteiger partial charge is 0.152 e. The quantitative estimate of drug-likeness (QED) is 0.809. The van der Waals surface area contributed by atoms with E-state index in [9.17, 15) is 8.42 Å². The number of anilines is 1. The zero-order valence-electron chi connectivity index (χ0n) is 11.2. The molecule has 1 unspecified atom stereocenters. The highest BCUT2D eigenvalue weighted by Gasteiger charge is 2.32. The Balaban J connectivity index is 2.01. The van der Waals surface area contributed by atoms with Crippen molar-refractivity contribution in [1.82, 2.24) is 9.38 Å². The van der Waals surface area contributed by atoms with Crippen LogP contribution < -0.4 is 4.90 Å². The highest BCUT2D eigenvalue weighted by atomic mass is 35.5. The molecule has 0 N–H and O–H groups in total. The number of alkyl halides is 1. The van der Waals surface area contributed by atoms with Crippen molar-refractivity contribution in [3.8, 4) is 0 Å². The van der Waals surface area contributed by atoms with E-state index in [0.29, 0.717) is 12.3 Å². The molecule has 1 atom stereocenters. The van der Waals surface area contributed by atoms with Crippen molar-refractivity contribution in [2.24, 2.45) is 0 Å². The Morgan fingerprint density at radius 3 is 2.95 bits per heavy atom. The number of pyridine rings is 1. The average molecular weight is 314 g/mol. The van der Waals surface area contributed by atoms with Gasteiger partial charge in [0.1, 0.15) is 5.65 Å². The van der Waals surface area contributed by atoms with Crippen LogP contribution in [0.4, 0.5) is 5.82 Å². The number of halogens is 1. The van der Waals surface area contributed by atoms with Crippen molar-refractivity contribution in [2.45, 2.75) is 18.3 Å². The standard InChI is InChI=1S/C13H16ClN3O2S/c1-16(10-5-7-20(18,19)9-10)13-11(8-14)17-6-3-2-4-12(17)15-13/h2-4,6,10H,5,7-9H2,1H3. The van der Waals surface area contributed by atoms with Crippen molar-refractivity contribution >= 4 is 32.9 Å². The molecule has 0 saturated carbocycles. The maximum Gasteiger partial charge on any atom is 0.152 e. The number of rotatable bonds is 3. The van der Waals surface area contributed by atoms with Gasteiger partial charge in [-0.15, -0.1) is 11.6 Å². The van der Waals surface area contributed by atoms with Crippen LogP contribution in [0.2, 0.25) is 0 Å². The molecule has 0 aliphatic carbocycles. The maximum atomic E-state index is 11.6. The second-order valence-corrected chi connectivity index (χ2v) is 7.61. The van der Waals surface area contributed by atoms with E-state index in [-0.39, 0.29) is 17.5 Å². The van der Waals surface area contributed by atoms with Crippen LogP contribution in [-0.2, 0) is 15.7 Å². The van der Waals surface area contributed by atoms with Gasteiger partial charge < -0.3 is 9.30 Å². The predicted octanol–water partition coefficient (Wildman–Crippen LogP) is 1.70. The second kappa shape index (κ2) is 4.93. The summed E-state index contributed by atoms with van der Waals surface area (Å²) in [7, 11) is -1.02. The summed E-state index contributed by atoms with van der Waals surface area (Å²) in [6.45, 7) is 0. The fourth-order valence-corrected chi connectivity index (χ4v) is 4.72. The van der Waals surface area contributed by atoms with Gasteiger partial charge in [0.05, 0.1) is 23.1 Å². The van der Waals surface area contributed by atoms with E-state index in [0.717, 1.165) is 17.2 Å². The summed E-state index contributed by atoms with van der Waals surface area (Å²) in [5, 5.41) is 0. The molecule has 2 aromatic heterocycles. The Labute approximate surface area is 123 Å². The molecule has 108 valence electrons. The van der Waals surface area contributed by atoms with Gasteiger partial charge in [0.25, 0.3) is 0 Å². The maximum absolute atomic E-state index is 11.6. The molecule has 2 aromatic rings. The van der Waals surface area contributed by atoms with Gasteiger partial charge in [-0.05, 0) is 18.6 Å². The Bertz CT molecular complexity index is 741.